The molecule has 0 aliphatic heterocycles. The average Bonchev–Trinajstić information content (AvgIpc) is 2.18. The van der Waals surface area contributed by atoms with Crippen molar-refractivity contribution < 1.29 is 5.11 Å². The molecule has 1 aliphatic rings. The molecule has 0 radical (unpaired) electrons. The average molecular weight is 212 g/mol. The molecule has 0 saturated carbocycles. The van der Waals surface area contributed by atoms with Crippen LogP contribution in [0.4, 0.5) is 0 Å². The summed E-state index contributed by atoms with van der Waals surface area (Å²) in [6.45, 7) is 0.0512. The molecule has 1 aromatic carbocycles. The van der Waals surface area contributed by atoms with Crippen molar-refractivity contribution in [3.05, 3.63) is 33.8 Å². The van der Waals surface area contributed by atoms with E-state index in [1.54, 1.807) is 0 Å². The van der Waals surface area contributed by atoms with Crippen LogP contribution in [0.5, 0.6) is 0 Å². The van der Waals surface area contributed by atoms with Crippen molar-refractivity contribution >= 4 is 11.6 Å². The Morgan fingerprint density at radius 1 is 1.50 bits per heavy atom. The van der Waals surface area contributed by atoms with Crippen molar-refractivity contribution in [3.8, 4) is 0 Å². The number of nitrogens with two attached hydrogens (primary N) is 1. The summed E-state index contributed by atoms with van der Waals surface area (Å²) in [7, 11) is 0. The Bertz CT molecular complexity index is 351. The van der Waals surface area contributed by atoms with E-state index in [2.05, 4.69) is 0 Å². The zero-order valence-electron chi connectivity index (χ0n) is 7.96. The maximum Gasteiger partial charge on any atom is 0.0685 e. The van der Waals surface area contributed by atoms with Crippen molar-refractivity contribution in [1.29, 1.82) is 0 Å². The molecule has 3 N–H and O–H groups in total. The Morgan fingerprint density at radius 2 is 2.29 bits per heavy atom. The van der Waals surface area contributed by atoms with Crippen LogP contribution in [-0.2, 0) is 13.0 Å². The van der Waals surface area contributed by atoms with Gasteiger partial charge in [-0.25, -0.2) is 0 Å². The van der Waals surface area contributed by atoms with Crippen LogP contribution >= 0.6 is 11.6 Å². The Kier molecular flexibility index (Phi) is 2.77. The summed E-state index contributed by atoms with van der Waals surface area (Å²) in [6.07, 6.45) is 3.12. The van der Waals surface area contributed by atoms with Gasteiger partial charge in [-0.2, -0.15) is 0 Å². The molecule has 0 aromatic heterocycles. The molecule has 1 aliphatic carbocycles. The molecule has 0 bridgehead atoms. The highest BCUT2D eigenvalue weighted by Gasteiger charge is 2.19. The van der Waals surface area contributed by atoms with E-state index in [9.17, 15) is 5.11 Å². The molecule has 14 heavy (non-hydrogen) atoms. The third-order valence-electron chi connectivity index (χ3n) is 2.85. The van der Waals surface area contributed by atoms with Gasteiger partial charge < -0.3 is 10.8 Å². The van der Waals surface area contributed by atoms with Crippen LogP contribution < -0.4 is 5.73 Å². The number of halogens is 1. The second-order valence-electron chi connectivity index (χ2n) is 3.79. The van der Waals surface area contributed by atoms with E-state index in [1.165, 1.54) is 5.56 Å². The molecule has 0 fully saturated rings. The summed E-state index contributed by atoms with van der Waals surface area (Å²) in [5, 5.41) is 9.88. The maximum atomic E-state index is 9.20. The molecule has 0 heterocycles. The van der Waals surface area contributed by atoms with Gasteiger partial charge in [-0.1, -0.05) is 11.6 Å². The van der Waals surface area contributed by atoms with Gasteiger partial charge in [-0.05, 0) is 48.1 Å². The van der Waals surface area contributed by atoms with Crippen molar-refractivity contribution in [2.24, 2.45) is 5.73 Å². The number of rotatable bonds is 1. The standard InChI is InChI=1S/C11H14ClNO/c12-8-4-7(6-14)9-2-1-3-11(13)10(9)5-8/h4-5,11,14H,1-3,6,13H2/t11-/m0/s1. The maximum absolute atomic E-state index is 9.20. The van der Waals surface area contributed by atoms with Gasteiger partial charge in [0.2, 0.25) is 0 Å². The molecular formula is C11H14ClNO. The quantitative estimate of drug-likeness (QED) is 0.748. The second kappa shape index (κ2) is 3.89. The van der Waals surface area contributed by atoms with Gasteiger partial charge in [0, 0.05) is 11.1 Å². The number of fused-ring (bicyclic) bond motifs is 1. The fraction of sp³-hybridized carbons (Fsp3) is 0.455. The molecule has 0 saturated heterocycles. The second-order valence-corrected chi connectivity index (χ2v) is 4.23. The molecule has 0 spiro atoms. The molecule has 1 atom stereocenters. The lowest BCUT2D eigenvalue weighted by Crippen LogP contribution is -2.18. The summed E-state index contributed by atoms with van der Waals surface area (Å²) in [5.74, 6) is 0. The van der Waals surface area contributed by atoms with Gasteiger partial charge in [0.25, 0.3) is 0 Å². The summed E-state index contributed by atoms with van der Waals surface area (Å²) in [6, 6.07) is 3.85. The lowest BCUT2D eigenvalue weighted by atomic mass is 9.85. The lowest BCUT2D eigenvalue weighted by Gasteiger charge is -2.24. The van der Waals surface area contributed by atoms with E-state index in [1.807, 2.05) is 12.1 Å². The SMILES string of the molecule is N[C@H]1CCCc2c(CO)cc(Cl)cc21. The van der Waals surface area contributed by atoms with Gasteiger partial charge in [0.05, 0.1) is 6.61 Å². The summed E-state index contributed by atoms with van der Waals surface area (Å²) >= 11 is 5.96. The monoisotopic (exact) mass is 211 g/mol. The normalized spacial score (nSPS) is 20.6. The van der Waals surface area contributed by atoms with E-state index in [-0.39, 0.29) is 12.6 Å². The fourth-order valence-electron chi connectivity index (χ4n) is 2.15. The minimum Gasteiger partial charge on any atom is -0.392 e. The number of benzene rings is 1. The van der Waals surface area contributed by atoms with Crippen LogP contribution in [0.2, 0.25) is 5.02 Å². The molecular weight excluding hydrogens is 198 g/mol. The number of aliphatic hydroxyl groups excluding tert-OH is 1. The number of aliphatic hydroxyl groups is 1. The molecule has 0 unspecified atom stereocenters. The van der Waals surface area contributed by atoms with Crippen molar-refractivity contribution in [3.63, 3.8) is 0 Å². The minimum atomic E-state index is 0.0512. The zero-order valence-corrected chi connectivity index (χ0v) is 8.72. The fourth-order valence-corrected chi connectivity index (χ4v) is 2.40. The Balaban J connectivity index is 2.54. The third kappa shape index (κ3) is 1.65. The largest absolute Gasteiger partial charge is 0.392 e. The van der Waals surface area contributed by atoms with E-state index >= 15 is 0 Å². The minimum absolute atomic E-state index is 0.0512. The van der Waals surface area contributed by atoms with Crippen LogP contribution in [0.1, 0.15) is 35.6 Å². The molecule has 2 rings (SSSR count). The first-order valence-corrected chi connectivity index (χ1v) is 5.28. The summed E-state index contributed by atoms with van der Waals surface area (Å²) < 4.78 is 0. The van der Waals surface area contributed by atoms with Crippen molar-refractivity contribution in [2.45, 2.75) is 31.9 Å². The van der Waals surface area contributed by atoms with Crippen molar-refractivity contribution in [1.82, 2.24) is 0 Å². The Labute approximate surface area is 88.7 Å². The molecule has 1 aromatic rings. The first-order valence-electron chi connectivity index (χ1n) is 4.90. The summed E-state index contributed by atoms with van der Waals surface area (Å²) in [5.41, 5.74) is 9.25. The smallest absolute Gasteiger partial charge is 0.0685 e. The number of hydrogen-bond acceptors (Lipinski definition) is 2. The first-order chi connectivity index (χ1) is 6.72. The highest BCUT2D eigenvalue weighted by Crippen LogP contribution is 2.32. The highest BCUT2D eigenvalue weighted by molar-refractivity contribution is 6.30. The Morgan fingerprint density at radius 3 is 3.00 bits per heavy atom. The van der Waals surface area contributed by atoms with Gasteiger partial charge in [0.15, 0.2) is 0 Å². The van der Waals surface area contributed by atoms with Crippen LogP contribution in [0.15, 0.2) is 12.1 Å². The topological polar surface area (TPSA) is 46.2 Å². The predicted molar refractivity (Wildman–Crippen MR) is 57.2 cm³/mol. The molecule has 2 nitrogen and oxygen atoms in total. The lowest BCUT2D eigenvalue weighted by molar-refractivity contribution is 0.279. The van der Waals surface area contributed by atoms with Crippen LogP contribution in [0, 0.1) is 0 Å². The van der Waals surface area contributed by atoms with Gasteiger partial charge in [-0.3, -0.25) is 0 Å². The van der Waals surface area contributed by atoms with E-state index in [4.69, 9.17) is 17.3 Å². The number of hydrogen-bond donors (Lipinski definition) is 2. The Hall–Kier alpha value is -0.570. The van der Waals surface area contributed by atoms with E-state index < -0.39 is 0 Å². The van der Waals surface area contributed by atoms with E-state index in [0.29, 0.717) is 5.02 Å². The van der Waals surface area contributed by atoms with Gasteiger partial charge in [0.1, 0.15) is 0 Å². The van der Waals surface area contributed by atoms with Gasteiger partial charge in [-0.15, -0.1) is 0 Å². The van der Waals surface area contributed by atoms with Crippen LogP contribution in [0.3, 0.4) is 0 Å². The molecule has 3 heteroatoms. The first kappa shape index (κ1) is 9.97. The van der Waals surface area contributed by atoms with E-state index in [0.717, 1.165) is 30.4 Å². The van der Waals surface area contributed by atoms with Crippen LogP contribution in [-0.4, -0.2) is 5.11 Å². The molecule has 0 amide bonds. The van der Waals surface area contributed by atoms with Crippen LogP contribution in [0.25, 0.3) is 0 Å². The zero-order chi connectivity index (χ0) is 10.1. The van der Waals surface area contributed by atoms with Gasteiger partial charge >= 0.3 is 0 Å². The summed E-state index contributed by atoms with van der Waals surface area (Å²) in [4.78, 5) is 0. The highest BCUT2D eigenvalue weighted by atomic mass is 35.5. The molecule has 76 valence electrons. The predicted octanol–water partition coefficient (Wildman–Crippen LogP) is 2.17. The van der Waals surface area contributed by atoms with Crippen molar-refractivity contribution in [2.75, 3.05) is 0 Å². The third-order valence-corrected chi connectivity index (χ3v) is 3.07.